The minimum Gasteiger partial charge on any atom is -0.338 e. The van der Waals surface area contributed by atoms with Crippen LogP contribution in [0.25, 0.3) is 0 Å². The molecule has 0 N–H and O–H groups in total. The van der Waals surface area contributed by atoms with Crippen LogP contribution in [-0.4, -0.2) is 60.9 Å². The van der Waals surface area contributed by atoms with Gasteiger partial charge in [0, 0.05) is 37.8 Å². The smallest absolute Gasteiger partial charge is 0.245 e. The molecule has 1 saturated carbocycles. The van der Waals surface area contributed by atoms with E-state index >= 15 is 0 Å². The molecule has 0 unspecified atom stereocenters. The lowest BCUT2D eigenvalue weighted by Gasteiger charge is -2.41. The summed E-state index contributed by atoms with van der Waals surface area (Å²) < 4.78 is 0. The number of likely N-dealkylation sites (N-methyl/N-ethyl adjacent to an activating group) is 1. The van der Waals surface area contributed by atoms with Crippen molar-refractivity contribution in [3.8, 4) is 0 Å². The minimum absolute atomic E-state index is 0.124. The zero-order valence-electron chi connectivity index (χ0n) is 14.3. The Labute approximate surface area is 143 Å². The molecule has 1 aromatic rings. The van der Waals surface area contributed by atoms with Gasteiger partial charge in [-0.3, -0.25) is 14.5 Å². The number of carbonyl (C=O) groups is 2. The van der Waals surface area contributed by atoms with Gasteiger partial charge in [0.15, 0.2) is 0 Å². The first-order chi connectivity index (χ1) is 11.6. The van der Waals surface area contributed by atoms with Gasteiger partial charge in [-0.15, -0.1) is 0 Å². The van der Waals surface area contributed by atoms with Gasteiger partial charge in [-0.05, 0) is 44.4 Å². The molecule has 5 nitrogen and oxygen atoms in total. The van der Waals surface area contributed by atoms with Crippen LogP contribution in [0.3, 0.4) is 0 Å². The van der Waals surface area contributed by atoms with Crippen LogP contribution in [0.2, 0.25) is 0 Å². The van der Waals surface area contributed by atoms with Crippen molar-refractivity contribution < 1.29 is 9.59 Å². The highest BCUT2D eigenvalue weighted by atomic mass is 16.2. The highest BCUT2D eigenvalue weighted by Crippen LogP contribution is 2.38. The Bertz CT molecular complexity index is 648. The monoisotopic (exact) mass is 327 g/mol. The maximum atomic E-state index is 13.1. The van der Waals surface area contributed by atoms with Gasteiger partial charge in [-0.2, -0.15) is 0 Å². The number of anilines is 1. The quantitative estimate of drug-likeness (QED) is 0.827. The maximum Gasteiger partial charge on any atom is 0.245 e. The Balaban J connectivity index is 1.61. The standard InChI is InChI=1S/C19H25N3O2/c1-20-10-12-21(13-11-20)19(24)17-9-8-14-4-2-3-5-16(14)22(17)18(23)15-6-7-15/h2-5,15,17H,6-13H2,1H3/t17-/m1/s1. The highest BCUT2D eigenvalue weighted by molar-refractivity contribution is 6.03. The van der Waals surface area contributed by atoms with E-state index in [-0.39, 0.29) is 23.8 Å². The summed E-state index contributed by atoms with van der Waals surface area (Å²) in [6.07, 6.45) is 3.54. The lowest BCUT2D eigenvalue weighted by molar-refractivity contribution is -0.136. The molecule has 1 atom stereocenters. The fraction of sp³-hybridized carbons (Fsp3) is 0.579. The predicted molar refractivity (Wildman–Crippen MR) is 92.8 cm³/mol. The van der Waals surface area contributed by atoms with Crippen LogP contribution in [0.1, 0.15) is 24.8 Å². The molecule has 0 aromatic heterocycles. The molecule has 2 fully saturated rings. The third-order valence-electron chi connectivity index (χ3n) is 5.51. The van der Waals surface area contributed by atoms with Crippen molar-refractivity contribution in [1.82, 2.24) is 9.80 Å². The van der Waals surface area contributed by atoms with Crippen molar-refractivity contribution in [2.75, 3.05) is 38.1 Å². The van der Waals surface area contributed by atoms with Crippen LogP contribution < -0.4 is 4.90 Å². The SMILES string of the molecule is CN1CCN(C(=O)[C@H]2CCc3ccccc3N2C(=O)C2CC2)CC1. The molecule has 2 heterocycles. The second-order valence-corrected chi connectivity index (χ2v) is 7.29. The summed E-state index contributed by atoms with van der Waals surface area (Å²) in [6.45, 7) is 3.34. The number of aryl methyl sites for hydroxylation is 1. The molecule has 128 valence electrons. The van der Waals surface area contributed by atoms with Crippen molar-refractivity contribution in [1.29, 1.82) is 0 Å². The first kappa shape index (κ1) is 15.6. The lowest BCUT2D eigenvalue weighted by Crippen LogP contribution is -2.57. The Kier molecular flexibility index (Phi) is 4.04. The summed E-state index contributed by atoms with van der Waals surface area (Å²) in [5, 5.41) is 0. The number of benzene rings is 1. The van der Waals surface area contributed by atoms with Crippen molar-refractivity contribution >= 4 is 17.5 Å². The molecule has 1 aromatic carbocycles. The number of nitrogens with zero attached hydrogens (tertiary/aromatic N) is 3. The molecule has 4 rings (SSSR count). The van der Waals surface area contributed by atoms with Crippen molar-refractivity contribution in [3.63, 3.8) is 0 Å². The van der Waals surface area contributed by atoms with Crippen molar-refractivity contribution in [2.24, 2.45) is 5.92 Å². The third kappa shape index (κ3) is 2.81. The Morgan fingerprint density at radius 3 is 2.38 bits per heavy atom. The molecule has 0 spiro atoms. The van der Waals surface area contributed by atoms with Crippen LogP contribution in [-0.2, 0) is 16.0 Å². The van der Waals surface area contributed by atoms with Gasteiger partial charge in [0.25, 0.3) is 0 Å². The lowest BCUT2D eigenvalue weighted by atomic mass is 9.94. The van der Waals surface area contributed by atoms with E-state index in [2.05, 4.69) is 18.0 Å². The molecule has 1 saturated heterocycles. The highest BCUT2D eigenvalue weighted by Gasteiger charge is 2.43. The first-order valence-electron chi connectivity index (χ1n) is 9.03. The number of para-hydroxylation sites is 1. The summed E-state index contributed by atoms with van der Waals surface area (Å²) in [5.41, 5.74) is 2.14. The van der Waals surface area contributed by atoms with Gasteiger partial charge >= 0.3 is 0 Å². The second-order valence-electron chi connectivity index (χ2n) is 7.29. The van der Waals surface area contributed by atoms with E-state index in [9.17, 15) is 9.59 Å². The molecule has 0 radical (unpaired) electrons. The summed E-state index contributed by atoms with van der Waals surface area (Å²) >= 11 is 0. The number of hydrogen-bond donors (Lipinski definition) is 0. The molecule has 0 bridgehead atoms. The van der Waals surface area contributed by atoms with E-state index in [0.717, 1.165) is 57.5 Å². The molecule has 5 heteroatoms. The van der Waals surface area contributed by atoms with E-state index in [1.165, 1.54) is 5.56 Å². The van der Waals surface area contributed by atoms with E-state index in [0.29, 0.717) is 0 Å². The van der Waals surface area contributed by atoms with Crippen molar-refractivity contribution in [2.45, 2.75) is 31.7 Å². The fourth-order valence-corrected chi connectivity index (χ4v) is 3.82. The average molecular weight is 327 g/mol. The van der Waals surface area contributed by atoms with Crippen molar-refractivity contribution in [3.05, 3.63) is 29.8 Å². The normalized spacial score (nSPS) is 24.6. The predicted octanol–water partition coefficient (Wildman–Crippen LogP) is 1.52. The van der Waals surface area contributed by atoms with E-state index in [1.54, 1.807) is 0 Å². The number of hydrogen-bond acceptors (Lipinski definition) is 3. The van der Waals surface area contributed by atoms with Gasteiger partial charge in [0.2, 0.25) is 11.8 Å². The number of rotatable bonds is 2. The molecule has 1 aliphatic carbocycles. The van der Waals surface area contributed by atoms with Gasteiger partial charge in [-0.25, -0.2) is 0 Å². The summed E-state index contributed by atoms with van der Waals surface area (Å²) in [6, 6.07) is 7.74. The largest absolute Gasteiger partial charge is 0.338 e. The zero-order valence-corrected chi connectivity index (χ0v) is 14.3. The summed E-state index contributed by atoms with van der Waals surface area (Å²) in [4.78, 5) is 32.1. The van der Waals surface area contributed by atoms with Gasteiger partial charge in [0.1, 0.15) is 6.04 Å². The fourth-order valence-electron chi connectivity index (χ4n) is 3.82. The summed E-state index contributed by atoms with van der Waals surface area (Å²) in [7, 11) is 2.08. The molecular weight excluding hydrogens is 302 g/mol. The van der Waals surface area contributed by atoms with E-state index in [4.69, 9.17) is 0 Å². The van der Waals surface area contributed by atoms with Crippen LogP contribution in [0.4, 0.5) is 5.69 Å². The molecule has 24 heavy (non-hydrogen) atoms. The number of amides is 2. The molecular formula is C19H25N3O2. The number of fused-ring (bicyclic) bond motifs is 1. The van der Waals surface area contributed by atoms with E-state index in [1.807, 2.05) is 28.0 Å². The Hall–Kier alpha value is -1.88. The van der Waals surface area contributed by atoms with Gasteiger partial charge in [-0.1, -0.05) is 18.2 Å². The van der Waals surface area contributed by atoms with Crippen LogP contribution in [0.15, 0.2) is 24.3 Å². The second kappa shape index (κ2) is 6.20. The molecule has 3 aliphatic rings. The number of carbonyl (C=O) groups excluding carboxylic acids is 2. The molecule has 2 amide bonds. The van der Waals surface area contributed by atoms with Gasteiger partial charge in [0.05, 0.1) is 0 Å². The Morgan fingerprint density at radius 2 is 1.67 bits per heavy atom. The summed E-state index contributed by atoms with van der Waals surface area (Å²) in [5.74, 6) is 0.403. The molecule has 2 aliphatic heterocycles. The average Bonchev–Trinajstić information content (AvgIpc) is 3.45. The van der Waals surface area contributed by atoms with E-state index < -0.39 is 0 Å². The van der Waals surface area contributed by atoms with Crippen LogP contribution >= 0.6 is 0 Å². The maximum absolute atomic E-state index is 13.1. The minimum atomic E-state index is -0.323. The van der Waals surface area contributed by atoms with Crippen LogP contribution in [0, 0.1) is 5.92 Å². The Morgan fingerprint density at radius 1 is 0.958 bits per heavy atom. The zero-order chi connectivity index (χ0) is 16.7. The topological polar surface area (TPSA) is 43.9 Å². The number of piperazine rings is 1. The third-order valence-corrected chi connectivity index (χ3v) is 5.51. The first-order valence-corrected chi connectivity index (χ1v) is 9.03. The van der Waals surface area contributed by atoms with Crippen LogP contribution in [0.5, 0.6) is 0 Å². The van der Waals surface area contributed by atoms with Gasteiger partial charge < -0.3 is 9.80 Å².